The molecular formula is C31H37F3N4O. The van der Waals surface area contributed by atoms with Crippen molar-refractivity contribution in [1.82, 2.24) is 20.1 Å². The minimum absolute atomic E-state index is 0.0305. The quantitative estimate of drug-likeness (QED) is 0.394. The highest BCUT2D eigenvalue weighted by Gasteiger charge is 2.48. The molecule has 1 amide bonds. The van der Waals surface area contributed by atoms with Crippen molar-refractivity contribution in [3.05, 3.63) is 89.7 Å². The Morgan fingerprint density at radius 1 is 0.897 bits per heavy atom. The van der Waals surface area contributed by atoms with Gasteiger partial charge in [0.2, 0.25) is 5.91 Å². The lowest BCUT2D eigenvalue weighted by Crippen LogP contribution is -2.59. The molecule has 1 atom stereocenters. The lowest BCUT2D eigenvalue weighted by Gasteiger charge is -2.41. The molecule has 3 aromatic rings. The summed E-state index contributed by atoms with van der Waals surface area (Å²) in [5.41, 5.74) is 2.39. The first kappa shape index (κ1) is 28.8. The predicted octanol–water partition coefficient (Wildman–Crippen LogP) is 5.80. The molecular weight excluding hydrogens is 501 g/mol. The van der Waals surface area contributed by atoms with Crippen LogP contribution in [0, 0.1) is 0 Å². The van der Waals surface area contributed by atoms with Gasteiger partial charge in [0.1, 0.15) is 6.04 Å². The van der Waals surface area contributed by atoms with Crippen LogP contribution in [-0.2, 0) is 23.3 Å². The maximum absolute atomic E-state index is 13.4. The van der Waals surface area contributed by atoms with Gasteiger partial charge in [-0.1, -0.05) is 48.5 Å². The van der Waals surface area contributed by atoms with Crippen LogP contribution in [-0.4, -0.2) is 58.6 Å². The average Bonchev–Trinajstić information content (AvgIpc) is 2.89. The van der Waals surface area contributed by atoms with Crippen molar-refractivity contribution in [3.8, 4) is 11.1 Å². The Balaban J connectivity index is 1.45. The van der Waals surface area contributed by atoms with Crippen LogP contribution in [0.5, 0.6) is 0 Å². The number of rotatable bonds is 8. The molecule has 8 heteroatoms. The zero-order valence-corrected chi connectivity index (χ0v) is 23.0. The van der Waals surface area contributed by atoms with Crippen molar-refractivity contribution < 1.29 is 18.0 Å². The van der Waals surface area contributed by atoms with Crippen LogP contribution in [0.25, 0.3) is 11.1 Å². The van der Waals surface area contributed by atoms with Crippen LogP contribution in [0.2, 0.25) is 0 Å². The molecule has 2 heterocycles. The Labute approximate surface area is 229 Å². The number of pyridine rings is 1. The van der Waals surface area contributed by atoms with E-state index >= 15 is 0 Å². The molecule has 0 radical (unpaired) electrons. The molecule has 4 rings (SSSR count). The number of aromatic nitrogens is 1. The first-order valence-corrected chi connectivity index (χ1v) is 13.4. The summed E-state index contributed by atoms with van der Waals surface area (Å²) in [4.78, 5) is 21.8. The van der Waals surface area contributed by atoms with Crippen molar-refractivity contribution in [1.29, 1.82) is 0 Å². The van der Waals surface area contributed by atoms with Gasteiger partial charge in [0.25, 0.3) is 0 Å². The second-order valence-corrected chi connectivity index (χ2v) is 11.1. The highest BCUT2D eigenvalue weighted by Crippen LogP contribution is 2.40. The average molecular weight is 539 g/mol. The van der Waals surface area contributed by atoms with E-state index in [1.165, 1.54) is 19.4 Å². The molecule has 1 N–H and O–H groups in total. The monoisotopic (exact) mass is 538 g/mol. The second kappa shape index (κ2) is 11.9. The third kappa shape index (κ3) is 7.05. The van der Waals surface area contributed by atoms with Gasteiger partial charge in [0.15, 0.2) is 0 Å². The van der Waals surface area contributed by atoms with E-state index in [0.29, 0.717) is 13.1 Å². The van der Waals surface area contributed by atoms with Gasteiger partial charge in [-0.3, -0.25) is 19.6 Å². The molecule has 208 valence electrons. The van der Waals surface area contributed by atoms with Crippen LogP contribution in [0.1, 0.15) is 44.4 Å². The number of hydrogen-bond donors (Lipinski definition) is 1. The normalized spacial score (nSPS) is 17.4. The van der Waals surface area contributed by atoms with Crippen molar-refractivity contribution >= 4 is 5.91 Å². The Kier molecular flexibility index (Phi) is 8.76. The van der Waals surface area contributed by atoms with E-state index in [1.54, 1.807) is 36.7 Å². The smallest absolute Gasteiger partial charge is 0.353 e. The van der Waals surface area contributed by atoms with Crippen LogP contribution >= 0.6 is 0 Å². The van der Waals surface area contributed by atoms with Crippen molar-refractivity contribution in [2.45, 2.75) is 64.5 Å². The number of benzene rings is 2. The van der Waals surface area contributed by atoms with Gasteiger partial charge in [-0.25, -0.2) is 0 Å². The minimum Gasteiger partial charge on any atom is -0.353 e. The summed E-state index contributed by atoms with van der Waals surface area (Å²) in [7, 11) is 0. The van der Waals surface area contributed by atoms with Gasteiger partial charge in [0, 0.05) is 51.2 Å². The highest BCUT2D eigenvalue weighted by atomic mass is 19.4. The summed E-state index contributed by atoms with van der Waals surface area (Å²) in [5, 5.41) is 3.08. The van der Waals surface area contributed by atoms with Crippen molar-refractivity contribution in [2.75, 3.05) is 19.6 Å². The number of halogens is 3. The van der Waals surface area contributed by atoms with Gasteiger partial charge < -0.3 is 5.32 Å². The van der Waals surface area contributed by atoms with E-state index in [-0.39, 0.29) is 23.6 Å². The molecule has 0 saturated carbocycles. The van der Waals surface area contributed by atoms with Crippen LogP contribution in [0.4, 0.5) is 13.2 Å². The Hall–Kier alpha value is -3.23. The van der Waals surface area contributed by atoms with Gasteiger partial charge in [-0.2, -0.15) is 13.2 Å². The third-order valence-electron chi connectivity index (χ3n) is 7.45. The lowest BCUT2D eigenvalue weighted by molar-refractivity contribution is -0.180. The third-order valence-corrected chi connectivity index (χ3v) is 7.45. The molecule has 0 aliphatic carbocycles. The fourth-order valence-electron chi connectivity index (χ4n) is 4.87. The molecule has 1 aliphatic rings. The molecule has 1 saturated heterocycles. The molecule has 2 aromatic carbocycles. The van der Waals surface area contributed by atoms with E-state index in [4.69, 9.17) is 0 Å². The Bertz CT molecular complexity index is 1230. The summed E-state index contributed by atoms with van der Waals surface area (Å²) >= 11 is 0. The van der Waals surface area contributed by atoms with Gasteiger partial charge in [0.05, 0.1) is 5.41 Å². The summed E-state index contributed by atoms with van der Waals surface area (Å²) in [6, 6.07) is 18.4. The first-order valence-electron chi connectivity index (χ1n) is 13.4. The van der Waals surface area contributed by atoms with E-state index < -0.39 is 11.6 Å². The molecule has 0 unspecified atom stereocenters. The zero-order chi connectivity index (χ0) is 28.2. The van der Waals surface area contributed by atoms with Crippen molar-refractivity contribution in [2.24, 2.45) is 0 Å². The fourth-order valence-corrected chi connectivity index (χ4v) is 4.87. The summed E-state index contributed by atoms with van der Waals surface area (Å²) in [6.07, 6.45) is -0.740. The topological polar surface area (TPSA) is 48.5 Å². The molecule has 1 aromatic heterocycles. The molecule has 0 bridgehead atoms. The number of nitrogens with one attached hydrogen (secondary N) is 1. The van der Waals surface area contributed by atoms with E-state index in [1.807, 2.05) is 50.2 Å². The zero-order valence-electron chi connectivity index (χ0n) is 23.0. The number of alkyl halides is 3. The minimum atomic E-state index is -4.31. The largest absolute Gasteiger partial charge is 0.397 e. The molecule has 1 aliphatic heterocycles. The second-order valence-electron chi connectivity index (χ2n) is 11.1. The molecule has 39 heavy (non-hydrogen) atoms. The highest BCUT2D eigenvalue weighted by molar-refractivity contribution is 5.82. The number of nitrogens with zero attached hydrogens (tertiary/aromatic N) is 3. The SMILES string of the molecule is CC(C)NC(=O)[C@@H]1CN(Cc2ccncc2)CCN1Cc1ccc(-c2ccc(C(C)(C)C(F)(F)F)cc2)cc1. The summed E-state index contributed by atoms with van der Waals surface area (Å²) in [5.74, 6) is 0.0305. The standard InChI is InChI=1S/C31H37F3N4O/c1-22(2)36-29(39)28-21-37(19-24-13-15-35-16-14-24)17-18-38(28)20-23-5-7-25(8-6-23)26-9-11-27(12-10-26)30(3,4)31(32,33)34/h5-16,22,28H,17-21H2,1-4H3,(H,36,39)/t28-/m0/s1. The maximum Gasteiger partial charge on any atom is 0.397 e. The number of piperazine rings is 1. The van der Waals surface area contributed by atoms with Crippen LogP contribution in [0.15, 0.2) is 73.1 Å². The number of carbonyl (C=O) groups is 1. The summed E-state index contributed by atoms with van der Waals surface area (Å²) in [6.45, 7) is 10.00. The van der Waals surface area contributed by atoms with Crippen LogP contribution < -0.4 is 5.32 Å². The van der Waals surface area contributed by atoms with Gasteiger partial charge in [-0.15, -0.1) is 0 Å². The molecule has 0 spiro atoms. The lowest BCUT2D eigenvalue weighted by atomic mass is 9.83. The van der Waals surface area contributed by atoms with E-state index in [2.05, 4.69) is 20.1 Å². The number of hydrogen-bond acceptors (Lipinski definition) is 4. The fraction of sp³-hybridized carbons (Fsp3) is 0.419. The Morgan fingerprint density at radius 3 is 2.03 bits per heavy atom. The van der Waals surface area contributed by atoms with E-state index in [9.17, 15) is 18.0 Å². The molecule has 5 nitrogen and oxygen atoms in total. The van der Waals surface area contributed by atoms with Gasteiger partial charge >= 0.3 is 6.18 Å². The maximum atomic E-state index is 13.4. The van der Waals surface area contributed by atoms with Crippen LogP contribution in [0.3, 0.4) is 0 Å². The number of carbonyl (C=O) groups excluding carboxylic acids is 1. The predicted molar refractivity (Wildman–Crippen MR) is 148 cm³/mol. The molecule has 1 fully saturated rings. The van der Waals surface area contributed by atoms with Gasteiger partial charge in [-0.05, 0) is 67.6 Å². The summed E-state index contributed by atoms with van der Waals surface area (Å²) < 4.78 is 40.2. The first-order chi connectivity index (χ1) is 18.4. The van der Waals surface area contributed by atoms with Crippen molar-refractivity contribution in [3.63, 3.8) is 0 Å². The Morgan fingerprint density at radius 2 is 1.46 bits per heavy atom. The van der Waals surface area contributed by atoms with E-state index in [0.717, 1.165) is 36.3 Å². The number of amides is 1.